The van der Waals surface area contributed by atoms with E-state index in [1.807, 2.05) is 0 Å². The molecule has 126 valence electrons. The van der Waals surface area contributed by atoms with Crippen molar-refractivity contribution >= 4 is 49.4 Å². The van der Waals surface area contributed by atoms with Crippen LogP contribution in [0.1, 0.15) is 11.1 Å². The van der Waals surface area contributed by atoms with Crippen LogP contribution in [0.25, 0.3) is 0 Å². The van der Waals surface area contributed by atoms with E-state index in [0.29, 0.717) is 4.47 Å². The first-order valence-electron chi connectivity index (χ1n) is 6.73. The van der Waals surface area contributed by atoms with Gasteiger partial charge in [0.15, 0.2) is 0 Å². The molecule has 0 unspecified atom stereocenters. The minimum absolute atomic E-state index is 0.0288. The van der Waals surface area contributed by atoms with Crippen molar-refractivity contribution in [2.24, 2.45) is 5.73 Å². The summed E-state index contributed by atoms with van der Waals surface area (Å²) >= 11 is 6.24. The van der Waals surface area contributed by atoms with Crippen molar-refractivity contribution in [3.63, 3.8) is 0 Å². The van der Waals surface area contributed by atoms with Crippen molar-refractivity contribution in [2.75, 3.05) is 5.32 Å². The lowest BCUT2D eigenvalue weighted by Crippen LogP contribution is -2.34. The smallest absolute Gasteiger partial charge is 0.350 e. The zero-order valence-electron chi connectivity index (χ0n) is 12.2. The first-order chi connectivity index (χ1) is 11.2. The number of hydrogen-bond acceptors (Lipinski definition) is 2. The quantitative estimate of drug-likeness (QED) is 0.707. The lowest BCUT2D eigenvalue weighted by molar-refractivity contribution is -0.141. The summed E-state index contributed by atoms with van der Waals surface area (Å²) in [6, 6.07) is 10.5. The molecule has 0 saturated carbocycles. The second-order valence-electron chi connectivity index (χ2n) is 4.95. The number of carbonyl (C=O) groups is 2. The molecule has 0 radical (unpaired) electrons. The molecule has 0 fully saturated rings. The SMILES string of the molecule is NC(=O)Cc1c(Br)cc(Br)cc1C(F)(F)C(=O)Nc1ccccc1. The van der Waals surface area contributed by atoms with Crippen molar-refractivity contribution in [2.45, 2.75) is 12.3 Å². The largest absolute Gasteiger partial charge is 0.369 e. The number of nitrogens with one attached hydrogen (secondary N) is 1. The molecular formula is C16H12Br2F2N2O2. The molecule has 0 bridgehead atoms. The van der Waals surface area contributed by atoms with Crippen LogP contribution >= 0.6 is 31.9 Å². The van der Waals surface area contributed by atoms with Crippen LogP contribution in [-0.4, -0.2) is 11.8 Å². The van der Waals surface area contributed by atoms with Crippen molar-refractivity contribution in [1.29, 1.82) is 0 Å². The average molecular weight is 462 g/mol. The number of hydrogen-bond donors (Lipinski definition) is 2. The summed E-state index contributed by atoms with van der Waals surface area (Å²) in [6.07, 6.45) is -0.419. The minimum atomic E-state index is -3.85. The van der Waals surface area contributed by atoms with Gasteiger partial charge in [0, 0.05) is 20.2 Å². The van der Waals surface area contributed by atoms with Gasteiger partial charge >= 0.3 is 5.92 Å². The Balaban J connectivity index is 2.44. The number of benzene rings is 2. The molecule has 0 atom stereocenters. The summed E-state index contributed by atoms with van der Waals surface area (Å²) in [6.45, 7) is 0. The van der Waals surface area contributed by atoms with Gasteiger partial charge in [-0.1, -0.05) is 50.1 Å². The lowest BCUT2D eigenvalue weighted by atomic mass is 9.98. The monoisotopic (exact) mass is 460 g/mol. The van der Waals surface area contributed by atoms with Gasteiger partial charge in [0.1, 0.15) is 0 Å². The summed E-state index contributed by atoms with van der Waals surface area (Å²) in [4.78, 5) is 23.3. The average Bonchev–Trinajstić information content (AvgIpc) is 2.50. The van der Waals surface area contributed by atoms with E-state index in [1.54, 1.807) is 18.2 Å². The predicted molar refractivity (Wildman–Crippen MR) is 93.7 cm³/mol. The molecule has 8 heteroatoms. The van der Waals surface area contributed by atoms with Gasteiger partial charge in [0.05, 0.1) is 6.42 Å². The Hall–Kier alpha value is -1.80. The maximum atomic E-state index is 14.7. The van der Waals surface area contributed by atoms with Gasteiger partial charge in [-0.2, -0.15) is 8.78 Å². The van der Waals surface area contributed by atoms with Gasteiger partial charge < -0.3 is 11.1 Å². The van der Waals surface area contributed by atoms with E-state index >= 15 is 0 Å². The predicted octanol–water partition coefficient (Wildman–Crippen LogP) is 3.97. The molecule has 2 aromatic rings. The molecule has 2 amide bonds. The summed E-state index contributed by atoms with van der Waals surface area (Å²) in [5, 5.41) is 2.16. The number of nitrogens with two attached hydrogens (primary N) is 1. The highest BCUT2D eigenvalue weighted by Crippen LogP contribution is 2.37. The molecule has 0 heterocycles. The van der Waals surface area contributed by atoms with Crippen LogP contribution < -0.4 is 11.1 Å². The van der Waals surface area contributed by atoms with Crippen LogP contribution in [0.5, 0.6) is 0 Å². The van der Waals surface area contributed by atoms with E-state index in [4.69, 9.17) is 5.73 Å². The molecule has 3 N–H and O–H groups in total. The van der Waals surface area contributed by atoms with Crippen LogP contribution in [0.2, 0.25) is 0 Å². The van der Waals surface area contributed by atoms with E-state index in [9.17, 15) is 18.4 Å². The maximum Gasteiger partial charge on any atom is 0.350 e. The molecule has 0 aliphatic carbocycles. The number of para-hydroxylation sites is 1. The number of rotatable bonds is 5. The molecule has 2 aromatic carbocycles. The second kappa shape index (κ2) is 7.40. The summed E-state index contributed by atoms with van der Waals surface area (Å²) in [5.41, 5.74) is 4.75. The van der Waals surface area contributed by atoms with Crippen molar-refractivity contribution in [3.8, 4) is 0 Å². The van der Waals surface area contributed by atoms with Crippen LogP contribution in [0, 0.1) is 0 Å². The fourth-order valence-corrected chi connectivity index (χ4v) is 3.46. The van der Waals surface area contributed by atoms with E-state index in [2.05, 4.69) is 37.2 Å². The third kappa shape index (κ3) is 4.18. The first kappa shape index (κ1) is 18.5. The summed E-state index contributed by atoms with van der Waals surface area (Å²) in [5.74, 6) is -6.13. The van der Waals surface area contributed by atoms with Gasteiger partial charge in [0.25, 0.3) is 5.91 Å². The highest BCUT2D eigenvalue weighted by Gasteiger charge is 2.43. The molecule has 0 spiro atoms. The highest BCUT2D eigenvalue weighted by atomic mass is 79.9. The summed E-state index contributed by atoms with van der Waals surface area (Å²) < 4.78 is 30.0. The molecule has 0 aliphatic rings. The zero-order chi connectivity index (χ0) is 17.9. The van der Waals surface area contributed by atoms with Gasteiger partial charge in [-0.3, -0.25) is 9.59 Å². The Bertz CT molecular complexity index is 783. The Kier molecular flexibility index (Phi) is 5.71. The third-order valence-corrected chi connectivity index (χ3v) is 4.33. The standard InChI is InChI=1S/C16H12Br2F2N2O2/c17-9-6-12(11(8-14(21)23)13(18)7-9)16(19,20)15(24)22-10-4-2-1-3-5-10/h1-7H,8H2,(H2,21,23)(H,22,24). The van der Waals surface area contributed by atoms with Crippen molar-refractivity contribution in [1.82, 2.24) is 0 Å². The Morgan fingerprint density at radius 3 is 2.33 bits per heavy atom. The number of halogens is 4. The fraction of sp³-hybridized carbons (Fsp3) is 0.125. The molecule has 0 aliphatic heterocycles. The van der Waals surface area contributed by atoms with Gasteiger partial charge in [-0.25, -0.2) is 0 Å². The van der Waals surface area contributed by atoms with E-state index in [0.717, 1.165) is 6.07 Å². The zero-order valence-corrected chi connectivity index (χ0v) is 15.3. The minimum Gasteiger partial charge on any atom is -0.369 e. The Labute approximate surface area is 153 Å². The van der Waals surface area contributed by atoms with E-state index in [-0.39, 0.29) is 15.7 Å². The Morgan fingerprint density at radius 2 is 1.75 bits per heavy atom. The van der Waals surface area contributed by atoms with Gasteiger partial charge in [0.2, 0.25) is 5.91 Å². The number of alkyl halides is 2. The van der Waals surface area contributed by atoms with Crippen LogP contribution in [0.15, 0.2) is 51.4 Å². The summed E-state index contributed by atoms with van der Waals surface area (Å²) in [7, 11) is 0. The number of carbonyl (C=O) groups excluding carboxylic acids is 2. The normalized spacial score (nSPS) is 11.2. The number of anilines is 1. The van der Waals surface area contributed by atoms with Gasteiger partial charge in [-0.05, 0) is 29.8 Å². The topological polar surface area (TPSA) is 72.2 Å². The third-order valence-electron chi connectivity index (χ3n) is 3.17. The van der Waals surface area contributed by atoms with E-state index < -0.39 is 29.7 Å². The molecule has 4 nitrogen and oxygen atoms in total. The van der Waals surface area contributed by atoms with Gasteiger partial charge in [-0.15, -0.1) is 0 Å². The van der Waals surface area contributed by atoms with Crippen LogP contribution in [0.4, 0.5) is 14.5 Å². The molecule has 24 heavy (non-hydrogen) atoms. The number of amides is 2. The Morgan fingerprint density at radius 1 is 1.12 bits per heavy atom. The lowest BCUT2D eigenvalue weighted by Gasteiger charge is -2.20. The highest BCUT2D eigenvalue weighted by molar-refractivity contribution is 9.11. The van der Waals surface area contributed by atoms with Crippen molar-refractivity contribution < 1.29 is 18.4 Å². The van der Waals surface area contributed by atoms with Crippen LogP contribution in [-0.2, 0) is 21.9 Å². The molecular weight excluding hydrogens is 450 g/mol. The first-order valence-corrected chi connectivity index (χ1v) is 8.31. The van der Waals surface area contributed by atoms with Crippen LogP contribution in [0.3, 0.4) is 0 Å². The number of primary amides is 1. The van der Waals surface area contributed by atoms with Crippen molar-refractivity contribution in [3.05, 3.63) is 62.5 Å². The second-order valence-corrected chi connectivity index (χ2v) is 6.72. The molecule has 0 saturated heterocycles. The maximum absolute atomic E-state index is 14.7. The molecule has 0 aromatic heterocycles. The molecule has 2 rings (SSSR count). The fourth-order valence-electron chi connectivity index (χ4n) is 2.09. The van der Waals surface area contributed by atoms with E-state index in [1.165, 1.54) is 18.2 Å².